The molecule has 3 rings (SSSR count). The highest BCUT2D eigenvalue weighted by Crippen LogP contribution is 2.32. The molecule has 0 fully saturated rings. The Bertz CT molecular complexity index is 1240. The third-order valence-electron chi connectivity index (χ3n) is 5.20. The SMILES string of the molecule is CCS(=O)(=O)c1ccc(CC(=O)Cc2ccc(OC(C)(C)c3ccc(F)cc3Cl)nc2)cc1. The molecule has 0 saturated heterocycles. The van der Waals surface area contributed by atoms with Crippen LogP contribution in [0.5, 0.6) is 5.88 Å². The molecular formula is C25H25ClFNO4S. The minimum Gasteiger partial charge on any atom is -0.467 e. The lowest BCUT2D eigenvalue weighted by molar-refractivity contribution is -0.117. The van der Waals surface area contributed by atoms with Crippen LogP contribution in [0.25, 0.3) is 0 Å². The van der Waals surface area contributed by atoms with Crippen LogP contribution in [0.1, 0.15) is 37.5 Å². The van der Waals surface area contributed by atoms with Crippen LogP contribution in [0.15, 0.2) is 65.7 Å². The number of halogens is 2. The number of hydrogen-bond donors (Lipinski definition) is 0. The lowest BCUT2D eigenvalue weighted by atomic mass is 9.98. The molecule has 33 heavy (non-hydrogen) atoms. The molecule has 0 radical (unpaired) electrons. The maximum atomic E-state index is 13.3. The van der Waals surface area contributed by atoms with Crippen molar-refractivity contribution >= 4 is 27.2 Å². The molecule has 0 spiro atoms. The molecule has 0 saturated carbocycles. The van der Waals surface area contributed by atoms with E-state index in [9.17, 15) is 17.6 Å². The molecule has 0 unspecified atom stereocenters. The number of Topliss-reactive ketones (excluding diaryl/α,β-unsaturated/α-hetero) is 1. The summed E-state index contributed by atoms with van der Waals surface area (Å²) in [7, 11) is -3.26. The average molecular weight is 490 g/mol. The number of pyridine rings is 1. The van der Waals surface area contributed by atoms with Gasteiger partial charge in [0.25, 0.3) is 0 Å². The van der Waals surface area contributed by atoms with Crippen molar-refractivity contribution in [3.05, 3.63) is 88.3 Å². The third-order valence-corrected chi connectivity index (χ3v) is 7.27. The Kier molecular flexibility index (Phi) is 7.55. The number of nitrogens with zero attached hydrogens (tertiary/aromatic N) is 1. The quantitative estimate of drug-likeness (QED) is 0.406. The van der Waals surface area contributed by atoms with Crippen molar-refractivity contribution in [3.63, 3.8) is 0 Å². The summed E-state index contributed by atoms with van der Waals surface area (Å²) in [6, 6.07) is 14.0. The van der Waals surface area contributed by atoms with Gasteiger partial charge in [0.15, 0.2) is 9.84 Å². The number of rotatable bonds is 9. The lowest BCUT2D eigenvalue weighted by Crippen LogP contribution is -2.26. The summed E-state index contributed by atoms with van der Waals surface area (Å²) in [5, 5.41) is 0.266. The van der Waals surface area contributed by atoms with Gasteiger partial charge in [0.2, 0.25) is 5.88 Å². The zero-order chi connectivity index (χ0) is 24.2. The molecule has 1 aromatic heterocycles. The first kappa shape index (κ1) is 24.9. The van der Waals surface area contributed by atoms with Gasteiger partial charge in [-0.05, 0) is 49.2 Å². The van der Waals surface area contributed by atoms with Crippen molar-refractivity contribution in [3.8, 4) is 5.88 Å². The van der Waals surface area contributed by atoms with E-state index in [0.717, 1.165) is 11.1 Å². The summed E-state index contributed by atoms with van der Waals surface area (Å²) in [5.74, 6) is -0.0560. The minimum atomic E-state index is -3.26. The van der Waals surface area contributed by atoms with Crippen LogP contribution in [0.4, 0.5) is 4.39 Å². The Labute approximate surface area is 198 Å². The molecule has 5 nitrogen and oxygen atoms in total. The van der Waals surface area contributed by atoms with Crippen molar-refractivity contribution < 1.29 is 22.3 Å². The summed E-state index contributed by atoms with van der Waals surface area (Å²) in [5.41, 5.74) is 1.27. The number of benzene rings is 2. The standard InChI is InChI=1S/C25H25ClFNO4S/c1-4-33(30,31)21-9-5-17(6-10-21)13-20(29)14-18-7-12-24(28-16-18)32-25(2,3)22-11-8-19(27)15-23(22)26/h5-12,15-16H,4,13-14H2,1-3H3. The largest absolute Gasteiger partial charge is 0.467 e. The monoisotopic (exact) mass is 489 g/mol. The van der Waals surface area contributed by atoms with Crippen LogP contribution in [-0.2, 0) is 33.1 Å². The van der Waals surface area contributed by atoms with Gasteiger partial charge in [0.1, 0.15) is 17.2 Å². The molecule has 1 heterocycles. The molecule has 0 aliphatic heterocycles. The van der Waals surface area contributed by atoms with Crippen molar-refractivity contribution in [2.75, 3.05) is 5.75 Å². The topological polar surface area (TPSA) is 73.3 Å². The van der Waals surface area contributed by atoms with Crippen molar-refractivity contribution in [2.24, 2.45) is 0 Å². The summed E-state index contributed by atoms with van der Waals surface area (Å²) in [4.78, 5) is 17.0. The summed E-state index contributed by atoms with van der Waals surface area (Å²) in [6.45, 7) is 5.21. The molecule has 0 aliphatic rings. The Hall–Kier alpha value is -2.77. The summed E-state index contributed by atoms with van der Waals surface area (Å²) < 4.78 is 43.1. The highest BCUT2D eigenvalue weighted by molar-refractivity contribution is 7.91. The second-order valence-corrected chi connectivity index (χ2v) is 10.9. The zero-order valence-corrected chi connectivity index (χ0v) is 20.2. The number of ketones is 1. The molecule has 3 aromatic rings. The van der Waals surface area contributed by atoms with E-state index in [-0.39, 0.29) is 34.3 Å². The maximum absolute atomic E-state index is 13.3. The molecule has 0 N–H and O–H groups in total. The fraction of sp³-hybridized carbons (Fsp3) is 0.280. The number of sulfone groups is 1. The first-order chi connectivity index (χ1) is 15.5. The average Bonchev–Trinajstić information content (AvgIpc) is 2.75. The molecule has 0 atom stereocenters. The number of hydrogen-bond acceptors (Lipinski definition) is 5. The maximum Gasteiger partial charge on any atom is 0.214 e. The highest BCUT2D eigenvalue weighted by atomic mass is 35.5. The number of ether oxygens (including phenoxy) is 1. The van der Waals surface area contributed by atoms with E-state index < -0.39 is 21.3 Å². The fourth-order valence-electron chi connectivity index (χ4n) is 3.37. The van der Waals surface area contributed by atoms with E-state index in [1.54, 1.807) is 43.5 Å². The molecule has 174 valence electrons. The van der Waals surface area contributed by atoms with Gasteiger partial charge in [-0.25, -0.2) is 17.8 Å². The van der Waals surface area contributed by atoms with E-state index in [1.165, 1.54) is 24.3 Å². The van der Waals surface area contributed by atoms with Gasteiger partial charge in [-0.15, -0.1) is 0 Å². The van der Waals surface area contributed by atoms with Crippen LogP contribution in [0.2, 0.25) is 5.02 Å². The fourth-order valence-corrected chi connectivity index (χ4v) is 4.65. The number of carbonyl (C=O) groups is 1. The normalized spacial score (nSPS) is 11.9. The Morgan fingerprint density at radius 2 is 1.67 bits per heavy atom. The number of aromatic nitrogens is 1. The first-order valence-corrected chi connectivity index (χ1v) is 12.5. The van der Waals surface area contributed by atoms with Crippen LogP contribution in [-0.4, -0.2) is 24.9 Å². The van der Waals surface area contributed by atoms with Crippen LogP contribution in [0.3, 0.4) is 0 Å². The molecule has 0 amide bonds. The Morgan fingerprint density at radius 1 is 1.03 bits per heavy atom. The summed E-state index contributed by atoms with van der Waals surface area (Å²) >= 11 is 6.16. The molecule has 8 heteroatoms. The highest BCUT2D eigenvalue weighted by Gasteiger charge is 2.26. The van der Waals surface area contributed by atoms with E-state index in [1.807, 2.05) is 13.8 Å². The molecule has 0 bridgehead atoms. The Morgan fingerprint density at radius 3 is 2.24 bits per heavy atom. The van der Waals surface area contributed by atoms with Crippen LogP contribution >= 0.6 is 11.6 Å². The van der Waals surface area contributed by atoms with Gasteiger partial charge in [-0.1, -0.05) is 42.8 Å². The van der Waals surface area contributed by atoms with Gasteiger partial charge < -0.3 is 4.74 Å². The molecule has 2 aromatic carbocycles. The summed E-state index contributed by atoms with van der Waals surface area (Å²) in [6.07, 6.45) is 1.96. The second kappa shape index (κ2) is 10.0. The van der Waals surface area contributed by atoms with Crippen molar-refractivity contribution in [2.45, 2.75) is 44.1 Å². The van der Waals surface area contributed by atoms with E-state index >= 15 is 0 Å². The van der Waals surface area contributed by atoms with Crippen molar-refractivity contribution in [1.82, 2.24) is 4.98 Å². The van der Waals surface area contributed by atoms with Crippen LogP contribution < -0.4 is 4.74 Å². The predicted molar refractivity (Wildman–Crippen MR) is 126 cm³/mol. The first-order valence-electron chi connectivity index (χ1n) is 10.4. The lowest BCUT2D eigenvalue weighted by Gasteiger charge is -2.27. The minimum absolute atomic E-state index is 0.0185. The van der Waals surface area contributed by atoms with Crippen molar-refractivity contribution in [1.29, 1.82) is 0 Å². The smallest absolute Gasteiger partial charge is 0.214 e. The van der Waals surface area contributed by atoms with E-state index in [4.69, 9.17) is 16.3 Å². The molecule has 0 aliphatic carbocycles. The van der Waals surface area contributed by atoms with Gasteiger partial charge in [-0.3, -0.25) is 4.79 Å². The van der Waals surface area contributed by atoms with Gasteiger partial charge in [0, 0.05) is 30.7 Å². The van der Waals surface area contributed by atoms with Crippen LogP contribution in [0, 0.1) is 5.82 Å². The van der Waals surface area contributed by atoms with Gasteiger partial charge in [-0.2, -0.15) is 0 Å². The Balaban J connectivity index is 1.61. The van der Waals surface area contributed by atoms with E-state index in [0.29, 0.717) is 11.4 Å². The zero-order valence-electron chi connectivity index (χ0n) is 18.6. The third kappa shape index (κ3) is 6.39. The van der Waals surface area contributed by atoms with Gasteiger partial charge in [0.05, 0.1) is 15.7 Å². The number of carbonyl (C=O) groups excluding carboxylic acids is 1. The van der Waals surface area contributed by atoms with Gasteiger partial charge >= 0.3 is 0 Å². The molecular weight excluding hydrogens is 465 g/mol. The second-order valence-electron chi connectivity index (χ2n) is 8.18. The predicted octanol–water partition coefficient (Wildman–Crippen LogP) is 5.34. The van der Waals surface area contributed by atoms with E-state index in [2.05, 4.69) is 4.98 Å².